The maximum Gasteiger partial charge on any atom is 0.334 e. The summed E-state index contributed by atoms with van der Waals surface area (Å²) in [4.78, 5) is 11.0. The Balaban J connectivity index is 0. The number of allylic oxidation sites excluding steroid dienone is 2. The van der Waals surface area contributed by atoms with Crippen LogP contribution in [0.1, 0.15) is 33.6 Å². The van der Waals surface area contributed by atoms with Crippen LogP contribution in [0.5, 0.6) is 0 Å². The quantitative estimate of drug-likeness (QED) is 0.244. The van der Waals surface area contributed by atoms with E-state index in [9.17, 15) is 4.79 Å². The lowest BCUT2D eigenvalue weighted by Gasteiger charge is -2.14. The molecule has 3 heteroatoms. The van der Waals surface area contributed by atoms with E-state index < -0.39 is 0 Å². The molecule has 0 rings (SSSR count). The third-order valence-corrected chi connectivity index (χ3v) is 1.76. The molecule has 0 aliphatic carbocycles. The second-order valence-corrected chi connectivity index (χ2v) is 3.61. The Labute approximate surface area is 105 Å². The van der Waals surface area contributed by atoms with Crippen LogP contribution in [0, 0.1) is 0 Å². The summed E-state index contributed by atoms with van der Waals surface area (Å²) in [6.45, 7) is 16.7. The van der Waals surface area contributed by atoms with Gasteiger partial charge in [0.05, 0.1) is 0 Å². The van der Waals surface area contributed by atoms with E-state index in [1.165, 1.54) is 0 Å². The zero-order valence-corrected chi connectivity index (χ0v) is 11.3. The maximum absolute atomic E-state index is 11.0. The summed E-state index contributed by atoms with van der Waals surface area (Å²) in [5.41, 5.74) is 0.434. The zero-order chi connectivity index (χ0) is 13.7. The number of esters is 1. The van der Waals surface area contributed by atoms with Gasteiger partial charge in [0.25, 0.3) is 0 Å². The summed E-state index contributed by atoms with van der Waals surface area (Å²) in [6, 6.07) is 0. The van der Waals surface area contributed by atoms with Crippen LogP contribution in [0.15, 0.2) is 37.5 Å². The van der Waals surface area contributed by atoms with Gasteiger partial charge >= 0.3 is 5.97 Å². The minimum Gasteiger partial charge on any atom is -0.444 e. The van der Waals surface area contributed by atoms with Gasteiger partial charge in [-0.25, -0.2) is 4.79 Å². The number of hydrogen-bond donors (Lipinski definition) is 1. The van der Waals surface area contributed by atoms with Crippen LogP contribution < -0.4 is 5.32 Å². The molecule has 0 aliphatic rings. The first-order chi connectivity index (χ1) is 7.99. The van der Waals surface area contributed by atoms with Gasteiger partial charge in [-0.1, -0.05) is 45.2 Å². The number of carbonyl (C=O) groups excluding carboxylic acids is 1. The Hall–Kier alpha value is -1.35. The van der Waals surface area contributed by atoms with Crippen molar-refractivity contribution in [3.8, 4) is 0 Å². The highest BCUT2D eigenvalue weighted by Crippen LogP contribution is 1.96. The predicted octanol–water partition coefficient (Wildman–Crippen LogP) is 3.20. The molecule has 1 atom stereocenters. The lowest BCUT2D eigenvalue weighted by molar-refractivity contribution is -0.144. The summed E-state index contributed by atoms with van der Waals surface area (Å²) < 4.78 is 5.01. The number of hydrogen-bond acceptors (Lipinski definition) is 3. The number of ether oxygens (including phenoxy) is 1. The molecule has 0 aromatic carbocycles. The van der Waals surface area contributed by atoms with Crippen LogP contribution in [0.2, 0.25) is 0 Å². The second kappa shape index (κ2) is 12.7. The molecule has 17 heavy (non-hydrogen) atoms. The van der Waals surface area contributed by atoms with E-state index in [2.05, 4.69) is 32.0 Å². The van der Waals surface area contributed by atoms with Gasteiger partial charge < -0.3 is 4.74 Å². The van der Waals surface area contributed by atoms with Crippen molar-refractivity contribution >= 4 is 5.97 Å². The van der Waals surface area contributed by atoms with Crippen molar-refractivity contribution in [1.82, 2.24) is 5.32 Å². The number of nitrogens with one attached hydrogen (secondary N) is 1. The first-order valence-corrected chi connectivity index (χ1v) is 5.82. The average Bonchev–Trinajstić information content (AvgIpc) is 2.29. The summed E-state index contributed by atoms with van der Waals surface area (Å²) in [7, 11) is 0. The Bertz CT molecular complexity index is 241. The van der Waals surface area contributed by atoms with Gasteiger partial charge in [-0.05, 0) is 26.8 Å². The SMILES string of the molecule is C=C(C)C(=O)OC(C)NCCCC.C=CC=C. The molecule has 1 N–H and O–H groups in total. The van der Waals surface area contributed by atoms with Gasteiger partial charge in [-0.15, -0.1) is 0 Å². The Kier molecular flexibility index (Phi) is 13.5. The topological polar surface area (TPSA) is 38.3 Å². The molecule has 0 aliphatic heterocycles. The van der Waals surface area contributed by atoms with Crippen molar-refractivity contribution in [1.29, 1.82) is 0 Å². The molecule has 98 valence electrons. The van der Waals surface area contributed by atoms with Crippen molar-refractivity contribution in [3.63, 3.8) is 0 Å². The van der Waals surface area contributed by atoms with Crippen LogP contribution in [0.3, 0.4) is 0 Å². The van der Waals surface area contributed by atoms with Crippen molar-refractivity contribution in [2.45, 2.75) is 39.8 Å². The highest BCUT2D eigenvalue weighted by atomic mass is 16.6. The third kappa shape index (κ3) is 14.7. The van der Waals surface area contributed by atoms with Gasteiger partial charge in [0.15, 0.2) is 6.23 Å². The molecular weight excluding hydrogens is 214 g/mol. The van der Waals surface area contributed by atoms with Crippen LogP contribution >= 0.6 is 0 Å². The van der Waals surface area contributed by atoms with E-state index >= 15 is 0 Å². The molecule has 3 nitrogen and oxygen atoms in total. The number of carbonyl (C=O) groups is 1. The second-order valence-electron chi connectivity index (χ2n) is 3.61. The van der Waals surface area contributed by atoms with E-state index in [0.29, 0.717) is 5.57 Å². The van der Waals surface area contributed by atoms with Crippen molar-refractivity contribution in [3.05, 3.63) is 37.5 Å². The van der Waals surface area contributed by atoms with Crippen LogP contribution in [-0.4, -0.2) is 18.7 Å². The summed E-state index contributed by atoms with van der Waals surface area (Å²) in [5.74, 6) is -0.337. The molecule has 0 heterocycles. The van der Waals surface area contributed by atoms with Crippen LogP contribution in [0.25, 0.3) is 0 Å². The number of unbranched alkanes of at least 4 members (excludes halogenated alkanes) is 1. The molecule has 0 amide bonds. The largest absolute Gasteiger partial charge is 0.444 e. The van der Waals surface area contributed by atoms with Crippen molar-refractivity contribution < 1.29 is 9.53 Å². The summed E-state index contributed by atoms with van der Waals surface area (Å²) in [6.07, 6.45) is 5.28. The molecule has 0 fully saturated rings. The fourth-order valence-corrected chi connectivity index (χ4v) is 0.785. The summed E-state index contributed by atoms with van der Waals surface area (Å²) in [5, 5.41) is 3.09. The van der Waals surface area contributed by atoms with E-state index in [1.807, 2.05) is 6.92 Å². The van der Waals surface area contributed by atoms with E-state index in [0.717, 1.165) is 19.4 Å². The zero-order valence-electron chi connectivity index (χ0n) is 11.3. The van der Waals surface area contributed by atoms with E-state index in [4.69, 9.17) is 4.74 Å². The lowest BCUT2D eigenvalue weighted by Crippen LogP contribution is -2.31. The third-order valence-electron chi connectivity index (χ3n) is 1.76. The molecular formula is C14H25NO2. The maximum atomic E-state index is 11.0. The molecule has 0 spiro atoms. The highest BCUT2D eigenvalue weighted by molar-refractivity contribution is 5.87. The van der Waals surface area contributed by atoms with E-state index in [-0.39, 0.29) is 12.2 Å². The predicted molar refractivity (Wildman–Crippen MR) is 73.7 cm³/mol. The normalized spacial score (nSPS) is 10.5. The molecule has 0 aromatic heterocycles. The molecule has 0 radical (unpaired) electrons. The lowest BCUT2D eigenvalue weighted by atomic mass is 10.3. The first kappa shape index (κ1) is 18.0. The minimum absolute atomic E-state index is 0.226. The van der Waals surface area contributed by atoms with Crippen molar-refractivity contribution in [2.24, 2.45) is 0 Å². The van der Waals surface area contributed by atoms with Gasteiger partial charge in [-0.2, -0.15) is 0 Å². The fourth-order valence-electron chi connectivity index (χ4n) is 0.785. The Morgan fingerprint density at radius 3 is 2.29 bits per heavy atom. The van der Waals surface area contributed by atoms with Gasteiger partial charge in [0, 0.05) is 5.57 Å². The smallest absolute Gasteiger partial charge is 0.334 e. The molecule has 0 saturated carbocycles. The van der Waals surface area contributed by atoms with Crippen LogP contribution in [-0.2, 0) is 9.53 Å². The first-order valence-electron chi connectivity index (χ1n) is 5.82. The average molecular weight is 239 g/mol. The van der Waals surface area contributed by atoms with Crippen LogP contribution in [0.4, 0.5) is 0 Å². The number of rotatable bonds is 7. The minimum atomic E-state index is -0.337. The molecule has 0 bridgehead atoms. The Morgan fingerprint density at radius 1 is 1.41 bits per heavy atom. The van der Waals surface area contributed by atoms with Crippen molar-refractivity contribution in [2.75, 3.05) is 6.54 Å². The molecule has 0 aromatic rings. The monoisotopic (exact) mass is 239 g/mol. The summed E-state index contributed by atoms with van der Waals surface area (Å²) >= 11 is 0. The van der Waals surface area contributed by atoms with Gasteiger partial charge in [0.2, 0.25) is 0 Å². The molecule has 0 saturated heterocycles. The standard InChI is InChI=1S/C10H19NO2.C4H6/c1-5-6-7-11-9(4)13-10(12)8(2)3;1-3-4-2/h9,11H,2,5-7H2,1,3-4H3;3-4H,1-2H2. The highest BCUT2D eigenvalue weighted by Gasteiger charge is 2.07. The van der Waals surface area contributed by atoms with Gasteiger partial charge in [0.1, 0.15) is 0 Å². The van der Waals surface area contributed by atoms with Gasteiger partial charge in [-0.3, -0.25) is 5.32 Å². The fraction of sp³-hybridized carbons (Fsp3) is 0.500. The Morgan fingerprint density at radius 2 is 1.94 bits per heavy atom. The van der Waals surface area contributed by atoms with E-state index in [1.54, 1.807) is 19.1 Å². The molecule has 1 unspecified atom stereocenters.